The number of benzene rings is 1. The molecule has 0 unspecified atom stereocenters. The average Bonchev–Trinajstić information content (AvgIpc) is 2.95. The van der Waals surface area contributed by atoms with E-state index in [4.69, 9.17) is 9.47 Å². The third kappa shape index (κ3) is 4.52. The van der Waals surface area contributed by atoms with E-state index in [1.165, 1.54) is 4.90 Å². The maximum Gasteiger partial charge on any atom is 0.233 e. The first-order chi connectivity index (χ1) is 13.5. The number of amides is 3. The van der Waals surface area contributed by atoms with E-state index in [0.717, 1.165) is 5.75 Å². The van der Waals surface area contributed by atoms with Gasteiger partial charge in [-0.05, 0) is 44.0 Å². The summed E-state index contributed by atoms with van der Waals surface area (Å²) in [5.74, 6) is 0.418. The van der Waals surface area contributed by atoms with E-state index in [9.17, 15) is 14.4 Å². The Bertz CT molecular complexity index is 733. The summed E-state index contributed by atoms with van der Waals surface area (Å²) in [6, 6.07) is 7.00. The van der Waals surface area contributed by atoms with Gasteiger partial charge in [-0.1, -0.05) is 12.2 Å². The molecule has 3 amide bonds. The second-order valence-electron chi connectivity index (χ2n) is 7.19. The number of nitrogens with one attached hydrogen (secondary N) is 1. The minimum Gasteiger partial charge on any atom is -0.497 e. The molecule has 0 spiro atoms. The van der Waals surface area contributed by atoms with Gasteiger partial charge in [0.2, 0.25) is 17.7 Å². The number of rotatable bonds is 8. The summed E-state index contributed by atoms with van der Waals surface area (Å²) in [5, 5.41) is 2.84. The molecule has 2 aliphatic rings. The molecule has 1 aliphatic heterocycles. The van der Waals surface area contributed by atoms with Crippen LogP contribution in [-0.4, -0.2) is 48.9 Å². The molecule has 1 fully saturated rings. The third-order valence-corrected chi connectivity index (χ3v) is 5.13. The molecule has 0 radical (unpaired) electrons. The second-order valence-corrected chi connectivity index (χ2v) is 7.19. The zero-order valence-electron chi connectivity index (χ0n) is 16.2. The smallest absolute Gasteiger partial charge is 0.233 e. The number of nitrogens with zero attached hydrogens (tertiary/aromatic N) is 1. The van der Waals surface area contributed by atoms with Crippen LogP contribution in [0.3, 0.4) is 0 Å². The number of fused-ring (bicyclic) bond motifs is 1. The zero-order valence-corrected chi connectivity index (χ0v) is 16.2. The van der Waals surface area contributed by atoms with Crippen LogP contribution in [0.1, 0.15) is 26.2 Å². The second kappa shape index (κ2) is 8.91. The van der Waals surface area contributed by atoms with Crippen molar-refractivity contribution in [2.45, 2.75) is 32.2 Å². The van der Waals surface area contributed by atoms with Crippen molar-refractivity contribution in [3.8, 4) is 11.5 Å². The van der Waals surface area contributed by atoms with Gasteiger partial charge >= 0.3 is 0 Å². The molecule has 1 heterocycles. The van der Waals surface area contributed by atoms with Crippen molar-refractivity contribution in [1.29, 1.82) is 0 Å². The number of imide groups is 1. The summed E-state index contributed by atoms with van der Waals surface area (Å²) in [5.41, 5.74) is 0. The number of allylic oxidation sites excluding steroid dienone is 2. The standard InChI is InChI=1S/C21H26N2O5/c1-14(13-28-16-9-7-15(27-2)8-10-16)22-19(24)11-12-23-20(25)17-5-3-4-6-18(17)21(23)26/h3-4,7-10,14,17-18H,5-6,11-13H2,1-2H3,(H,22,24)/t14-,17-,18+/m0/s1. The number of hydrogen-bond acceptors (Lipinski definition) is 5. The van der Waals surface area contributed by atoms with Crippen LogP contribution in [0.5, 0.6) is 11.5 Å². The quantitative estimate of drug-likeness (QED) is 0.545. The number of ether oxygens (including phenoxy) is 2. The Morgan fingerprint density at radius 2 is 1.68 bits per heavy atom. The highest BCUT2D eigenvalue weighted by molar-refractivity contribution is 6.05. The normalized spacial score (nSPS) is 22.0. The van der Waals surface area contributed by atoms with E-state index >= 15 is 0 Å². The first kappa shape index (κ1) is 19.9. The van der Waals surface area contributed by atoms with Crippen LogP contribution in [0.4, 0.5) is 0 Å². The van der Waals surface area contributed by atoms with Gasteiger partial charge in [0.25, 0.3) is 0 Å². The first-order valence-electron chi connectivity index (χ1n) is 9.56. The van der Waals surface area contributed by atoms with Crippen LogP contribution in [-0.2, 0) is 14.4 Å². The Balaban J connectivity index is 1.41. The number of carbonyl (C=O) groups excluding carboxylic acids is 3. The molecule has 7 nitrogen and oxygen atoms in total. The van der Waals surface area contributed by atoms with Gasteiger partial charge in [0, 0.05) is 13.0 Å². The highest BCUT2D eigenvalue weighted by Crippen LogP contribution is 2.34. The van der Waals surface area contributed by atoms with E-state index in [1.807, 2.05) is 19.1 Å². The van der Waals surface area contributed by atoms with Crippen molar-refractivity contribution in [3.63, 3.8) is 0 Å². The summed E-state index contributed by atoms with van der Waals surface area (Å²) < 4.78 is 10.7. The SMILES string of the molecule is COc1ccc(OC[C@H](C)NC(=O)CCN2C(=O)[C@H]3CC=CC[C@H]3C2=O)cc1. The van der Waals surface area contributed by atoms with Gasteiger partial charge in [-0.25, -0.2) is 0 Å². The van der Waals surface area contributed by atoms with Gasteiger partial charge < -0.3 is 14.8 Å². The molecular weight excluding hydrogens is 360 g/mol. The van der Waals surface area contributed by atoms with Crippen LogP contribution in [0.25, 0.3) is 0 Å². The maximum atomic E-state index is 12.4. The maximum absolute atomic E-state index is 12.4. The van der Waals surface area contributed by atoms with Gasteiger partial charge in [-0.15, -0.1) is 0 Å². The van der Waals surface area contributed by atoms with Gasteiger partial charge in [0.1, 0.15) is 18.1 Å². The van der Waals surface area contributed by atoms with E-state index in [2.05, 4.69) is 5.32 Å². The molecule has 3 atom stereocenters. The van der Waals surface area contributed by atoms with Crippen molar-refractivity contribution in [2.75, 3.05) is 20.3 Å². The van der Waals surface area contributed by atoms with E-state index in [0.29, 0.717) is 25.2 Å². The van der Waals surface area contributed by atoms with Gasteiger partial charge in [0.15, 0.2) is 0 Å². The molecule has 3 rings (SSSR count). The Kier molecular flexibility index (Phi) is 6.34. The molecule has 150 valence electrons. The lowest BCUT2D eigenvalue weighted by Gasteiger charge is -2.17. The van der Waals surface area contributed by atoms with Crippen LogP contribution in [0.2, 0.25) is 0 Å². The molecule has 0 saturated carbocycles. The third-order valence-electron chi connectivity index (χ3n) is 5.13. The summed E-state index contributed by atoms with van der Waals surface area (Å²) >= 11 is 0. The molecule has 0 bridgehead atoms. The van der Waals surface area contributed by atoms with Crippen molar-refractivity contribution in [1.82, 2.24) is 10.2 Å². The Morgan fingerprint density at radius 3 is 2.25 bits per heavy atom. The highest BCUT2D eigenvalue weighted by atomic mass is 16.5. The number of methoxy groups -OCH3 is 1. The summed E-state index contributed by atoms with van der Waals surface area (Å²) in [6.07, 6.45) is 5.21. The molecule has 1 aliphatic carbocycles. The Morgan fingerprint density at radius 1 is 1.11 bits per heavy atom. The molecule has 1 saturated heterocycles. The van der Waals surface area contributed by atoms with Crippen LogP contribution in [0, 0.1) is 11.8 Å². The topological polar surface area (TPSA) is 84.9 Å². The van der Waals surface area contributed by atoms with Crippen molar-refractivity contribution in [3.05, 3.63) is 36.4 Å². The molecule has 0 aromatic heterocycles. The average molecular weight is 386 g/mol. The van der Waals surface area contributed by atoms with E-state index < -0.39 is 0 Å². The van der Waals surface area contributed by atoms with Crippen molar-refractivity contribution < 1.29 is 23.9 Å². The Hall–Kier alpha value is -2.83. The van der Waals surface area contributed by atoms with Gasteiger partial charge in [-0.3, -0.25) is 19.3 Å². The van der Waals surface area contributed by atoms with E-state index in [1.54, 1.807) is 31.4 Å². The molecule has 1 N–H and O–H groups in total. The van der Waals surface area contributed by atoms with Gasteiger partial charge in [-0.2, -0.15) is 0 Å². The lowest BCUT2D eigenvalue weighted by atomic mass is 9.85. The fraction of sp³-hybridized carbons (Fsp3) is 0.476. The molecule has 1 aromatic rings. The fourth-order valence-electron chi connectivity index (χ4n) is 3.58. The summed E-state index contributed by atoms with van der Waals surface area (Å²) in [4.78, 5) is 38.2. The minimum atomic E-state index is -0.252. The van der Waals surface area contributed by atoms with Gasteiger partial charge in [0.05, 0.1) is 25.0 Å². The largest absolute Gasteiger partial charge is 0.497 e. The van der Waals surface area contributed by atoms with Crippen molar-refractivity contribution in [2.24, 2.45) is 11.8 Å². The number of likely N-dealkylation sites (tertiary alicyclic amines) is 1. The predicted molar refractivity (Wildman–Crippen MR) is 103 cm³/mol. The first-order valence-corrected chi connectivity index (χ1v) is 9.56. The zero-order chi connectivity index (χ0) is 20.1. The lowest BCUT2D eigenvalue weighted by molar-refractivity contribution is -0.140. The number of carbonyl (C=O) groups is 3. The molecule has 1 aromatic carbocycles. The van der Waals surface area contributed by atoms with Crippen LogP contribution >= 0.6 is 0 Å². The summed E-state index contributed by atoms with van der Waals surface area (Å²) in [7, 11) is 1.60. The fourth-order valence-corrected chi connectivity index (χ4v) is 3.58. The Labute approximate surface area is 164 Å². The van der Waals surface area contributed by atoms with Crippen molar-refractivity contribution >= 4 is 17.7 Å². The molecular formula is C21H26N2O5. The highest BCUT2D eigenvalue weighted by Gasteiger charge is 2.46. The predicted octanol–water partition coefficient (Wildman–Crippen LogP) is 1.92. The molecule has 28 heavy (non-hydrogen) atoms. The number of hydrogen-bond donors (Lipinski definition) is 1. The van der Waals surface area contributed by atoms with Crippen LogP contribution in [0.15, 0.2) is 36.4 Å². The monoisotopic (exact) mass is 386 g/mol. The molecule has 7 heteroatoms. The summed E-state index contributed by atoms with van der Waals surface area (Å²) in [6.45, 7) is 2.28. The van der Waals surface area contributed by atoms with Crippen LogP contribution < -0.4 is 14.8 Å². The minimum absolute atomic E-state index is 0.0945. The van der Waals surface area contributed by atoms with E-state index in [-0.39, 0.29) is 48.6 Å². The lowest BCUT2D eigenvalue weighted by Crippen LogP contribution is -2.40.